The number of aromatic nitrogens is 4. The second-order valence-electron chi connectivity index (χ2n) is 4.25. The molecule has 0 aromatic carbocycles. The number of nitrogens with one attached hydrogen (secondary N) is 1. The van der Waals surface area contributed by atoms with Crippen molar-refractivity contribution in [1.29, 1.82) is 0 Å². The molecule has 0 unspecified atom stereocenters. The minimum absolute atomic E-state index is 0.0700. The molecule has 2 aromatic heterocycles. The third-order valence-corrected chi connectivity index (χ3v) is 2.23. The van der Waals surface area contributed by atoms with E-state index in [4.69, 9.17) is 4.74 Å². The zero-order valence-corrected chi connectivity index (χ0v) is 10.8. The molecule has 2 aromatic rings. The van der Waals surface area contributed by atoms with Crippen LogP contribution in [0.5, 0.6) is 5.88 Å². The van der Waals surface area contributed by atoms with E-state index in [1.54, 1.807) is 17.1 Å². The topological polar surface area (TPSA) is 64.9 Å². The Labute approximate surface area is 106 Å². The highest BCUT2D eigenvalue weighted by Gasteiger charge is 2.08. The quantitative estimate of drug-likeness (QED) is 0.869. The molecule has 0 saturated carbocycles. The van der Waals surface area contributed by atoms with E-state index in [0.717, 1.165) is 5.56 Å². The summed E-state index contributed by atoms with van der Waals surface area (Å²) in [7, 11) is 1.89. The van der Waals surface area contributed by atoms with Gasteiger partial charge in [0, 0.05) is 37.7 Å². The average Bonchev–Trinajstić information content (AvgIpc) is 2.73. The van der Waals surface area contributed by atoms with E-state index in [9.17, 15) is 0 Å². The van der Waals surface area contributed by atoms with Crippen LogP contribution < -0.4 is 10.1 Å². The Balaban J connectivity index is 2.04. The summed E-state index contributed by atoms with van der Waals surface area (Å²) in [4.78, 5) is 8.40. The lowest BCUT2D eigenvalue weighted by Crippen LogP contribution is -2.11. The van der Waals surface area contributed by atoms with Crippen LogP contribution >= 0.6 is 0 Å². The summed E-state index contributed by atoms with van der Waals surface area (Å²) in [5.74, 6) is 1.17. The largest absolute Gasteiger partial charge is 0.472 e. The second-order valence-corrected chi connectivity index (χ2v) is 4.25. The molecule has 6 nitrogen and oxygen atoms in total. The fourth-order valence-corrected chi connectivity index (χ4v) is 1.50. The molecule has 2 heterocycles. The van der Waals surface area contributed by atoms with E-state index in [0.29, 0.717) is 18.2 Å². The van der Waals surface area contributed by atoms with Crippen LogP contribution in [0.15, 0.2) is 24.8 Å². The van der Waals surface area contributed by atoms with Gasteiger partial charge in [0.2, 0.25) is 0 Å². The maximum atomic E-state index is 5.58. The lowest BCUT2D eigenvalue weighted by atomic mass is 10.3. The van der Waals surface area contributed by atoms with Gasteiger partial charge in [0.15, 0.2) is 5.82 Å². The number of hydrogen-bond donors (Lipinski definition) is 1. The minimum atomic E-state index is 0.0700. The van der Waals surface area contributed by atoms with Gasteiger partial charge in [-0.3, -0.25) is 4.68 Å². The number of nitrogens with zero attached hydrogens (tertiary/aromatic N) is 4. The number of rotatable bonds is 5. The highest BCUT2D eigenvalue weighted by atomic mass is 16.5. The Kier molecular flexibility index (Phi) is 3.76. The van der Waals surface area contributed by atoms with Crippen molar-refractivity contribution in [2.75, 3.05) is 5.32 Å². The SMILES string of the molecule is CC(C)Oc1nccnc1NCc1cnn(C)c1. The van der Waals surface area contributed by atoms with Gasteiger partial charge in [-0.2, -0.15) is 5.10 Å². The van der Waals surface area contributed by atoms with E-state index in [-0.39, 0.29) is 6.10 Å². The first-order valence-corrected chi connectivity index (χ1v) is 5.84. The van der Waals surface area contributed by atoms with Crippen molar-refractivity contribution in [3.63, 3.8) is 0 Å². The van der Waals surface area contributed by atoms with Crippen molar-refractivity contribution >= 4 is 5.82 Å². The molecule has 0 aliphatic carbocycles. The molecule has 6 heteroatoms. The first-order chi connectivity index (χ1) is 8.65. The Morgan fingerprint density at radius 1 is 1.33 bits per heavy atom. The Bertz CT molecular complexity index is 509. The standard InChI is InChI=1S/C12H17N5O/c1-9(2)18-12-11(13-4-5-14-12)15-6-10-7-16-17(3)8-10/h4-5,7-9H,6H2,1-3H3,(H,13,15). The molecule has 0 fully saturated rings. The van der Waals surface area contributed by atoms with E-state index in [1.807, 2.05) is 33.3 Å². The van der Waals surface area contributed by atoms with Crippen LogP contribution in [0.3, 0.4) is 0 Å². The zero-order valence-electron chi connectivity index (χ0n) is 10.8. The highest BCUT2D eigenvalue weighted by Crippen LogP contribution is 2.19. The molecule has 96 valence electrons. The van der Waals surface area contributed by atoms with Gasteiger partial charge < -0.3 is 10.1 Å². The van der Waals surface area contributed by atoms with Gasteiger partial charge in [-0.25, -0.2) is 9.97 Å². The van der Waals surface area contributed by atoms with Gasteiger partial charge in [0.1, 0.15) is 0 Å². The molecule has 0 amide bonds. The molecule has 1 N–H and O–H groups in total. The smallest absolute Gasteiger partial charge is 0.257 e. The minimum Gasteiger partial charge on any atom is -0.472 e. The van der Waals surface area contributed by atoms with Crippen molar-refractivity contribution in [3.05, 3.63) is 30.4 Å². The van der Waals surface area contributed by atoms with Gasteiger partial charge in [0.25, 0.3) is 5.88 Å². The number of aryl methyl sites for hydroxylation is 1. The molecule has 0 spiro atoms. The summed E-state index contributed by atoms with van der Waals surface area (Å²) in [6.07, 6.45) is 7.09. The van der Waals surface area contributed by atoms with Crippen LogP contribution in [-0.4, -0.2) is 25.9 Å². The van der Waals surface area contributed by atoms with Crippen molar-refractivity contribution in [2.24, 2.45) is 7.05 Å². The van der Waals surface area contributed by atoms with Crippen molar-refractivity contribution < 1.29 is 4.74 Å². The molecule has 0 atom stereocenters. The normalized spacial score (nSPS) is 10.7. The second kappa shape index (κ2) is 5.48. The molecule has 0 bridgehead atoms. The molecular weight excluding hydrogens is 230 g/mol. The van der Waals surface area contributed by atoms with Crippen LogP contribution in [0.2, 0.25) is 0 Å². The Morgan fingerprint density at radius 3 is 2.78 bits per heavy atom. The lowest BCUT2D eigenvalue weighted by molar-refractivity contribution is 0.233. The van der Waals surface area contributed by atoms with E-state index in [2.05, 4.69) is 20.4 Å². The Hall–Kier alpha value is -2.11. The van der Waals surface area contributed by atoms with Gasteiger partial charge in [-0.15, -0.1) is 0 Å². The fourth-order valence-electron chi connectivity index (χ4n) is 1.50. The van der Waals surface area contributed by atoms with E-state index >= 15 is 0 Å². The molecule has 0 saturated heterocycles. The van der Waals surface area contributed by atoms with Crippen LogP contribution in [0, 0.1) is 0 Å². The maximum absolute atomic E-state index is 5.58. The summed E-state index contributed by atoms with van der Waals surface area (Å²) in [6.45, 7) is 4.56. The monoisotopic (exact) mass is 247 g/mol. The number of anilines is 1. The summed E-state index contributed by atoms with van der Waals surface area (Å²) in [5, 5.41) is 7.31. The molecule has 0 aliphatic rings. The lowest BCUT2D eigenvalue weighted by Gasteiger charge is -2.12. The predicted octanol–water partition coefficient (Wildman–Crippen LogP) is 1.61. The van der Waals surface area contributed by atoms with Crippen molar-refractivity contribution in [1.82, 2.24) is 19.7 Å². The zero-order chi connectivity index (χ0) is 13.0. The van der Waals surface area contributed by atoms with Crippen LogP contribution in [-0.2, 0) is 13.6 Å². The van der Waals surface area contributed by atoms with Crippen LogP contribution in [0.4, 0.5) is 5.82 Å². The summed E-state index contributed by atoms with van der Waals surface area (Å²) in [5.41, 5.74) is 1.08. The van der Waals surface area contributed by atoms with Crippen LogP contribution in [0.25, 0.3) is 0 Å². The van der Waals surface area contributed by atoms with E-state index < -0.39 is 0 Å². The van der Waals surface area contributed by atoms with Gasteiger partial charge >= 0.3 is 0 Å². The summed E-state index contributed by atoms with van der Waals surface area (Å²) in [6, 6.07) is 0. The third kappa shape index (κ3) is 3.19. The molecule has 0 aliphatic heterocycles. The molecule has 2 rings (SSSR count). The van der Waals surface area contributed by atoms with E-state index in [1.165, 1.54) is 0 Å². The van der Waals surface area contributed by atoms with Gasteiger partial charge in [-0.1, -0.05) is 0 Å². The van der Waals surface area contributed by atoms with Crippen molar-refractivity contribution in [2.45, 2.75) is 26.5 Å². The summed E-state index contributed by atoms with van der Waals surface area (Å²) >= 11 is 0. The molecule has 18 heavy (non-hydrogen) atoms. The molecule has 0 radical (unpaired) electrons. The summed E-state index contributed by atoms with van der Waals surface area (Å²) < 4.78 is 7.35. The van der Waals surface area contributed by atoms with Gasteiger partial charge in [0.05, 0.1) is 12.3 Å². The van der Waals surface area contributed by atoms with Gasteiger partial charge in [-0.05, 0) is 13.8 Å². The first kappa shape index (κ1) is 12.3. The Morgan fingerprint density at radius 2 is 2.11 bits per heavy atom. The highest BCUT2D eigenvalue weighted by molar-refractivity contribution is 5.45. The average molecular weight is 247 g/mol. The van der Waals surface area contributed by atoms with Crippen molar-refractivity contribution in [3.8, 4) is 5.88 Å². The first-order valence-electron chi connectivity index (χ1n) is 5.84. The predicted molar refractivity (Wildman–Crippen MR) is 68.3 cm³/mol. The third-order valence-electron chi connectivity index (χ3n) is 2.23. The molecular formula is C12H17N5O. The number of hydrogen-bond acceptors (Lipinski definition) is 5. The number of ether oxygens (including phenoxy) is 1. The maximum Gasteiger partial charge on any atom is 0.257 e. The fraction of sp³-hybridized carbons (Fsp3) is 0.417. The van der Waals surface area contributed by atoms with Crippen LogP contribution in [0.1, 0.15) is 19.4 Å².